The molecule has 7 heteroatoms. The quantitative estimate of drug-likeness (QED) is 0.581. The molecule has 2 rings (SSSR count). The molecule has 0 aromatic heterocycles. The number of rotatable bonds is 3. The summed E-state index contributed by atoms with van der Waals surface area (Å²) in [5, 5.41) is 0. The van der Waals surface area contributed by atoms with Gasteiger partial charge in [0.1, 0.15) is 5.92 Å². The van der Waals surface area contributed by atoms with E-state index in [1.165, 1.54) is 24.4 Å². The number of nitrogens with zero attached hydrogens (tertiary/aromatic N) is 2. The second kappa shape index (κ2) is 6.44. The highest BCUT2D eigenvalue weighted by atomic mass is 16.6. The van der Waals surface area contributed by atoms with Crippen LogP contribution in [0, 0.1) is 11.3 Å². The summed E-state index contributed by atoms with van der Waals surface area (Å²) in [6.45, 7) is 6.27. The van der Waals surface area contributed by atoms with Crippen LogP contribution >= 0.6 is 0 Å². The molecule has 0 N–H and O–H groups in total. The van der Waals surface area contributed by atoms with Crippen LogP contribution in [0.25, 0.3) is 0 Å². The summed E-state index contributed by atoms with van der Waals surface area (Å²) >= 11 is 0. The first-order valence-electron chi connectivity index (χ1n) is 7.59. The van der Waals surface area contributed by atoms with Crippen LogP contribution in [0.1, 0.15) is 20.8 Å². The summed E-state index contributed by atoms with van der Waals surface area (Å²) in [6.07, 6.45) is 5.73. The topological polar surface area (TPSA) is 76.2 Å². The van der Waals surface area contributed by atoms with Gasteiger partial charge >= 0.3 is 12.1 Å². The molecule has 0 aliphatic carbocycles. The van der Waals surface area contributed by atoms with Crippen molar-refractivity contribution in [1.82, 2.24) is 9.80 Å². The Balaban J connectivity index is 2.25. The van der Waals surface area contributed by atoms with Crippen LogP contribution in [0.2, 0.25) is 0 Å². The average Bonchev–Trinajstić information content (AvgIpc) is 2.78. The first-order valence-corrected chi connectivity index (χ1v) is 7.59. The molecular weight excluding hydrogens is 300 g/mol. The van der Waals surface area contributed by atoms with E-state index in [1.807, 2.05) is 6.92 Å². The molecule has 1 atom stereocenters. The van der Waals surface area contributed by atoms with E-state index in [9.17, 15) is 14.4 Å². The molecule has 7 nitrogen and oxygen atoms in total. The van der Waals surface area contributed by atoms with Gasteiger partial charge < -0.3 is 14.4 Å². The fraction of sp³-hybridized carbons (Fsp3) is 0.562. The lowest BCUT2D eigenvalue weighted by Gasteiger charge is -2.30. The molecule has 0 aromatic rings. The Morgan fingerprint density at radius 1 is 1.35 bits per heavy atom. The van der Waals surface area contributed by atoms with Crippen LogP contribution in [0.3, 0.4) is 0 Å². The summed E-state index contributed by atoms with van der Waals surface area (Å²) in [7, 11) is 1.26. The third-order valence-electron chi connectivity index (χ3n) is 4.02. The number of hydrogen-bond acceptors (Lipinski definition) is 5. The number of carbonyl (C=O) groups excluding carboxylic acids is 3. The molecule has 126 valence electrons. The third kappa shape index (κ3) is 3.09. The molecule has 2 amide bonds. The summed E-state index contributed by atoms with van der Waals surface area (Å²) in [4.78, 5) is 39.3. The summed E-state index contributed by atoms with van der Waals surface area (Å²) in [5.74, 6) is -1.76. The largest absolute Gasteiger partial charge is 0.468 e. The van der Waals surface area contributed by atoms with Gasteiger partial charge in [-0.3, -0.25) is 14.5 Å². The van der Waals surface area contributed by atoms with Crippen molar-refractivity contribution in [3.05, 3.63) is 24.6 Å². The molecule has 2 aliphatic heterocycles. The second-order valence-electron chi connectivity index (χ2n) is 5.89. The van der Waals surface area contributed by atoms with Gasteiger partial charge in [-0.1, -0.05) is 12.2 Å². The molecular formula is C16H22N2O5. The molecule has 0 bridgehead atoms. The van der Waals surface area contributed by atoms with Crippen molar-refractivity contribution >= 4 is 18.0 Å². The van der Waals surface area contributed by atoms with Crippen molar-refractivity contribution in [2.75, 3.05) is 20.2 Å². The van der Waals surface area contributed by atoms with E-state index in [2.05, 4.69) is 0 Å². The Hall–Kier alpha value is -2.31. The van der Waals surface area contributed by atoms with Crippen molar-refractivity contribution < 1.29 is 23.9 Å². The van der Waals surface area contributed by atoms with Gasteiger partial charge in [0, 0.05) is 30.9 Å². The first kappa shape index (κ1) is 17.1. The highest BCUT2D eigenvalue weighted by Gasteiger charge is 2.54. The average molecular weight is 322 g/mol. The van der Waals surface area contributed by atoms with Crippen molar-refractivity contribution in [2.45, 2.75) is 26.9 Å². The zero-order valence-electron chi connectivity index (χ0n) is 13.8. The molecule has 0 aromatic carbocycles. The van der Waals surface area contributed by atoms with E-state index >= 15 is 0 Å². The van der Waals surface area contributed by atoms with Gasteiger partial charge in [-0.05, 0) is 20.8 Å². The Bertz CT molecular complexity index is 553. The fourth-order valence-electron chi connectivity index (χ4n) is 2.84. The standard InChI is InChI=1S/C16H22N2O5/c1-5-17-10-16(12(13(17)19)14(20)22-4)6-8-18(9-7-16)15(21)23-11(2)3/h6-9,11-12H,5,10H2,1-4H3. The molecule has 1 fully saturated rings. The molecule has 23 heavy (non-hydrogen) atoms. The minimum atomic E-state index is -0.928. The number of ether oxygens (including phenoxy) is 2. The molecule has 1 spiro atoms. The van der Waals surface area contributed by atoms with Gasteiger partial charge in [-0.2, -0.15) is 0 Å². The zero-order valence-corrected chi connectivity index (χ0v) is 13.8. The van der Waals surface area contributed by atoms with E-state index in [4.69, 9.17) is 9.47 Å². The van der Waals surface area contributed by atoms with Crippen LogP contribution in [0.5, 0.6) is 0 Å². The van der Waals surface area contributed by atoms with Crippen LogP contribution in [0.15, 0.2) is 24.6 Å². The van der Waals surface area contributed by atoms with Gasteiger partial charge in [0.15, 0.2) is 0 Å². The van der Waals surface area contributed by atoms with Gasteiger partial charge in [0.25, 0.3) is 0 Å². The summed E-state index contributed by atoms with van der Waals surface area (Å²) in [5.41, 5.74) is -0.797. The lowest BCUT2D eigenvalue weighted by Crippen LogP contribution is -2.37. The lowest BCUT2D eigenvalue weighted by molar-refractivity contribution is -0.152. The van der Waals surface area contributed by atoms with Crippen molar-refractivity contribution in [3.8, 4) is 0 Å². The van der Waals surface area contributed by atoms with E-state index in [0.29, 0.717) is 13.1 Å². The molecule has 0 saturated carbocycles. The van der Waals surface area contributed by atoms with Gasteiger partial charge in [0.05, 0.1) is 13.2 Å². The minimum Gasteiger partial charge on any atom is -0.468 e. The predicted molar refractivity (Wildman–Crippen MR) is 81.9 cm³/mol. The van der Waals surface area contributed by atoms with E-state index in [1.54, 1.807) is 30.9 Å². The number of esters is 1. The molecule has 2 heterocycles. The maximum absolute atomic E-state index is 12.4. The number of carbonyl (C=O) groups is 3. The molecule has 2 aliphatic rings. The smallest absolute Gasteiger partial charge is 0.418 e. The maximum atomic E-state index is 12.4. The Kier molecular flexibility index (Phi) is 4.77. The number of methoxy groups -OCH3 is 1. The normalized spacial score (nSPS) is 22.1. The van der Waals surface area contributed by atoms with Crippen molar-refractivity contribution in [3.63, 3.8) is 0 Å². The Labute approximate surface area is 135 Å². The van der Waals surface area contributed by atoms with Gasteiger partial charge in [-0.25, -0.2) is 4.79 Å². The van der Waals surface area contributed by atoms with E-state index in [0.717, 1.165) is 0 Å². The second-order valence-corrected chi connectivity index (χ2v) is 5.89. The van der Waals surface area contributed by atoms with E-state index < -0.39 is 23.4 Å². The highest BCUT2D eigenvalue weighted by molar-refractivity contribution is 6.01. The van der Waals surface area contributed by atoms with Crippen LogP contribution in [0.4, 0.5) is 4.79 Å². The van der Waals surface area contributed by atoms with Crippen molar-refractivity contribution in [1.29, 1.82) is 0 Å². The number of hydrogen-bond donors (Lipinski definition) is 0. The minimum absolute atomic E-state index is 0.230. The zero-order chi connectivity index (χ0) is 17.2. The highest BCUT2D eigenvalue weighted by Crippen LogP contribution is 2.42. The number of amides is 2. The Morgan fingerprint density at radius 2 is 1.96 bits per heavy atom. The predicted octanol–water partition coefficient (Wildman–Crippen LogP) is 1.51. The van der Waals surface area contributed by atoms with Gasteiger partial charge in [0.2, 0.25) is 5.91 Å². The molecule has 0 radical (unpaired) electrons. The third-order valence-corrected chi connectivity index (χ3v) is 4.02. The van der Waals surface area contributed by atoms with Crippen LogP contribution in [-0.2, 0) is 19.1 Å². The van der Waals surface area contributed by atoms with E-state index in [-0.39, 0.29) is 12.0 Å². The van der Waals surface area contributed by atoms with Crippen LogP contribution < -0.4 is 0 Å². The lowest BCUT2D eigenvalue weighted by atomic mass is 9.76. The van der Waals surface area contributed by atoms with Crippen LogP contribution in [-0.4, -0.2) is 54.1 Å². The summed E-state index contributed by atoms with van der Waals surface area (Å²) in [6, 6.07) is 0. The molecule has 1 saturated heterocycles. The first-order chi connectivity index (χ1) is 10.8. The number of likely N-dealkylation sites (tertiary alicyclic amines) is 1. The van der Waals surface area contributed by atoms with Crippen molar-refractivity contribution in [2.24, 2.45) is 11.3 Å². The summed E-state index contributed by atoms with van der Waals surface area (Å²) < 4.78 is 9.91. The Morgan fingerprint density at radius 3 is 2.43 bits per heavy atom. The van der Waals surface area contributed by atoms with Gasteiger partial charge in [-0.15, -0.1) is 0 Å². The SMILES string of the molecule is CCN1CC2(C=CN(C(=O)OC(C)C)C=C2)C(C(=O)OC)C1=O. The maximum Gasteiger partial charge on any atom is 0.418 e. The molecule has 1 unspecified atom stereocenters. The monoisotopic (exact) mass is 322 g/mol. The fourth-order valence-corrected chi connectivity index (χ4v) is 2.84.